The van der Waals surface area contributed by atoms with Crippen molar-refractivity contribution in [2.24, 2.45) is 0 Å². The minimum atomic E-state index is -0.190. The second-order valence-corrected chi connectivity index (χ2v) is 3.91. The maximum absolute atomic E-state index is 11.1. The molecule has 4 heteroatoms. The number of carbonyl (C=O) groups excluding carboxylic acids is 1. The highest BCUT2D eigenvalue weighted by Crippen LogP contribution is 2.12. The topological polar surface area (TPSA) is 39.2 Å². The summed E-state index contributed by atoms with van der Waals surface area (Å²) in [7, 11) is 0. The smallest absolute Gasteiger partial charge is 0.312 e. The summed E-state index contributed by atoms with van der Waals surface area (Å²) in [6.07, 6.45) is 2.38. The lowest BCUT2D eigenvalue weighted by molar-refractivity contribution is -0.142. The molecule has 0 saturated heterocycles. The highest BCUT2D eigenvalue weighted by Gasteiger charge is 2.07. The molecule has 14 heavy (non-hydrogen) atoms. The van der Waals surface area contributed by atoms with Gasteiger partial charge in [-0.3, -0.25) is 4.79 Å². The van der Waals surface area contributed by atoms with Crippen LogP contribution in [0, 0.1) is 0 Å². The fraction of sp³-hybridized carbons (Fsp3) is 0.600. The van der Waals surface area contributed by atoms with Gasteiger partial charge in [0.2, 0.25) is 0 Å². The van der Waals surface area contributed by atoms with E-state index >= 15 is 0 Å². The molecule has 0 fully saturated rings. The number of thiazole rings is 1. The SMILES string of the molecule is CCCc1csc(CC(=O)OCC)n1. The third kappa shape index (κ3) is 3.46. The van der Waals surface area contributed by atoms with Crippen molar-refractivity contribution in [2.45, 2.75) is 33.1 Å². The number of rotatable bonds is 5. The van der Waals surface area contributed by atoms with E-state index in [2.05, 4.69) is 11.9 Å². The first-order chi connectivity index (χ1) is 6.76. The molecule has 1 aromatic heterocycles. The average molecular weight is 213 g/mol. The molecule has 0 aliphatic heterocycles. The predicted molar refractivity (Wildman–Crippen MR) is 56.4 cm³/mol. The maximum Gasteiger partial charge on any atom is 0.312 e. The third-order valence-electron chi connectivity index (χ3n) is 1.71. The molecule has 0 bridgehead atoms. The summed E-state index contributed by atoms with van der Waals surface area (Å²) in [6.45, 7) is 4.36. The fourth-order valence-corrected chi connectivity index (χ4v) is 1.95. The van der Waals surface area contributed by atoms with Crippen LogP contribution < -0.4 is 0 Å². The zero-order chi connectivity index (χ0) is 10.4. The predicted octanol–water partition coefficient (Wildman–Crippen LogP) is 2.20. The number of nitrogens with zero attached hydrogens (tertiary/aromatic N) is 1. The van der Waals surface area contributed by atoms with Crippen molar-refractivity contribution < 1.29 is 9.53 Å². The molecule has 1 heterocycles. The van der Waals surface area contributed by atoms with Gasteiger partial charge in [-0.1, -0.05) is 13.3 Å². The van der Waals surface area contributed by atoms with Crippen LogP contribution in [0.2, 0.25) is 0 Å². The fourth-order valence-electron chi connectivity index (χ4n) is 1.14. The number of aryl methyl sites for hydroxylation is 1. The van der Waals surface area contributed by atoms with E-state index in [9.17, 15) is 4.79 Å². The van der Waals surface area contributed by atoms with E-state index in [1.807, 2.05) is 12.3 Å². The van der Waals surface area contributed by atoms with Crippen molar-refractivity contribution in [3.63, 3.8) is 0 Å². The summed E-state index contributed by atoms with van der Waals surface area (Å²) >= 11 is 1.53. The Kier molecular flexibility index (Phi) is 4.59. The van der Waals surface area contributed by atoms with Crippen molar-refractivity contribution >= 4 is 17.3 Å². The summed E-state index contributed by atoms with van der Waals surface area (Å²) in [6, 6.07) is 0. The Bertz CT molecular complexity index is 296. The van der Waals surface area contributed by atoms with E-state index in [0.717, 1.165) is 23.5 Å². The van der Waals surface area contributed by atoms with Crippen LogP contribution in [0.1, 0.15) is 31.0 Å². The molecule has 0 aliphatic rings. The standard InChI is InChI=1S/C10H15NO2S/c1-3-5-8-7-14-9(11-8)6-10(12)13-4-2/h7H,3-6H2,1-2H3. The zero-order valence-electron chi connectivity index (χ0n) is 8.58. The molecular formula is C10H15NO2S. The second kappa shape index (κ2) is 5.75. The Morgan fingerprint density at radius 2 is 2.36 bits per heavy atom. The molecule has 1 rings (SSSR count). The first-order valence-corrected chi connectivity index (χ1v) is 5.73. The van der Waals surface area contributed by atoms with Gasteiger partial charge in [0.25, 0.3) is 0 Å². The number of esters is 1. The molecule has 0 saturated carbocycles. The molecule has 0 N–H and O–H groups in total. The average Bonchev–Trinajstić information content (AvgIpc) is 2.53. The first-order valence-electron chi connectivity index (χ1n) is 4.85. The molecule has 0 atom stereocenters. The van der Waals surface area contributed by atoms with Crippen LogP contribution in [0.5, 0.6) is 0 Å². The molecule has 0 radical (unpaired) electrons. The molecular weight excluding hydrogens is 198 g/mol. The van der Waals surface area contributed by atoms with Crippen LogP contribution in [0.15, 0.2) is 5.38 Å². The number of carbonyl (C=O) groups is 1. The Hall–Kier alpha value is -0.900. The Morgan fingerprint density at radius 3 is 3.00 bits per heavy atom. The van der Waals surface area contributed by atoms with Gasteiger partial charge in [0.05, 0.1) is 18.7 Å². The summed E-state index contributed by atoms with van der Waals surface area (Å²) < 4.78 is 4.84. The van der Waals surface area contributed by atoms with Crippen molar-refractivity contribution in [3.05, 3.63) is 16.1 Å². The van der Waals surface area contributed by atoms with E-state index in [1.54, 1.807) is 0 Å². The van der Waals surface area contributed by atoms with Gasteiger partial charge >= 0.3 is 5.97 Å². The molecule has 0 amide bonds. The largest absolute Gasteiger partial charge is 0.466 e. The third-order valence-corrected chi connectivity index (χ3v) is 2.60. The van der Waals surface area contributed by atoms with E-state index in [4.69, 9.17) is 4.74 Å². The Balaban J connectivity index is 2.46. The van der Waals surface area contributed by atoms with Gasteiger partial charge in [0.15, 0.2) is 0 Å². The number of hydrogen-bond donors (Lipinski definition) is 0. The molecule has 1 aromatic rings. The Morgan fingerprint density at radius 1 is 1.57 bits per heavy atom. The molecule has 0 aliphatic carbocycles. The van der Waals surface area contributed by atoms with Crippen LogP contribution in [-0.2, 0) is 22.4 Å². The van der Waals surface area contributed by atoms with Crippen molar-refractivity contribution in [1.29, 1.82) is 0 Å². The molecule has 0 spiro atoms. The zero-order valence-corrected chi connectivity index (χ0v) is 9.39. The highest BCUT2D eigenvalue weighted by molar-refractivity contribution is 7.09. The molecule has 3 nitrogen and oxygen atoms in total. The van der Waals surface area contributed by atoms with Gasteiger partial charge in [-0.2, -0.15) is 0 Å². The number of ether oxygens (including phenoxy) is 1. The summed E-state index contributed by atoms with van der Waals surface area (Å²) in [5.74, 6) is -0.190. The quantitative estimate of drug-likeness (QED) is 0.704. The van der Waals surface area contributed by atoms with E-state index in [0.29, 0.717) is 13.0 Å². The summed E-state index contributed by atoms with van der Waals surface area (Å²) in [5.41, 5.74) is 1.08. The Labute approximate surface area is 88.1 Å². The van der Waals surface area contributed by atoms with Crippen LogP contribution in [0.4, 0.5) is 0 Å². The summed E-state index contributed by atoms with van der Waals surface area (Å²) in [5, 5.41) is 2.87. The van der Waals surface area contributed by atoms with Gasteiger partial charge in [-0.25, -0.2) is 4.98 Å². The monoisotopic (exact) mass is 213 g/mol. The van der Waals surface area contributed by atoms with Crippen molar-refractivity contribution in [1.82, 2.24) is 4.98 Å². The lowest BCUT2D eigenvalue weighted by Gasteiger charge is -1.97. The first kappa shape index (κ1) is 11.2. The van der Waals surface area contributed by atoms with Crippen LogP contribution in [0.3, 0.4) is 0 Å². The molecule has 78 valence electrons. The van der Waals surface area contributed by atoms with Gasteiger partial charge in [0.1, 0.15) is 5.01 Å². The van der Waals surface area contributed by atoms with Crippen molar-refractivity contribution in [3.8, 4) is 0 Å². The normalized spacial score (nSPS) is 10.1. The minimum absolute atomic E-state index is 0.190. The molecule has 0 aromatic carbocycles. The van der Waals surface area contributed by atoms with Crippen molar-refractivity contribution in [2.75, 3.05) is 6.61 Å². The van der Waals surface area contributed by atoms with Crippen LogP contribution >= 0.6 is 11.3 Å². The van der Waals surface area contributed by atoms with E-state index in [1.165, 1.54) is 11.3 Å². The van der Waals surface area contributed by atoms with E-state index < -0.39 is 0 Å². The van der Waals surface area contributed by atoms with Gasteiger partial charge in [-0.05, 0) is 13.3 Å². The van der Waals surface area contributed by atoms with Gasteiger partial charge in [-0.15, -0.1) is 11.3 Å². The minimum Gasteiger partial charge on any atom is -0.466 e. The maximum atomic E-state index is 11.1. The molecule has 0 unspecified atom stereocenters. The number of hydrogen-bond acceptors (Lipinski definition) is 4. The number of aromatic nitrogens is 1. The van der Waals surface area contributed by atoms with Crippen LogP contribution in [-0.4, -0.2) is 17.6 Å². The van der Waals surface area contributed by atoms with Gasteiger partial charge < -0.3 is 4.74 Å². The lowest BCUT2D eigenvalue weighted by Crippen LogP contribution is -2.07. The van der Waals surface area contributed by atoms with Gasteiger partial charge in [0, 0.05) is 5.38 Å². The lowest BCUT2D eigenvalue weighted by atomic mass is 10.3. The highest BCUT2D eigenvalue weighted by atomic mass is 32.1. The second-order valence-electron chi connectivity index (χ2n) is 2.96. The van der Waals surface area contributed by atoms with Crippen LogP contribution in [0.25, 0.3) is 0 Å². The summed E-state index contributed by atoms with van der Waals surface area (Å²) in [4.78, 5) is 15.5. The van der Waals surface area contributed by atoms with E-state index in [-0.39, 0.29) is 5.97 Å².